The molecular weight excluding hydrogens is 821 g/mol. The summed E-state index contributed by atoms with van der Waals surface area (Å²) in [5, 5.41) is 25.9. The molecule has 21 heteroatoms. The quantitative estimate of drug-likeness (QED) is 0.101. The number of nitrogens with one attached hydrogen (secondary N) is 2. The first-order chi connectivity index (χ1) is 26.9. The molecule has 3 aromatic heterocycles. The molecule has 0 spiro atoms. The molecule has 0 unspecified atom stereocenters. The number of halogens is 8. The van der Waals surface area contributed by atoms with Gasteiger partial charge in [-0.2, -0.15) is 40.6 Å². The summed E-state index contributed by atoms with van der Waals surface area (Å²) in [7, 11) is -2.90. The zero-order valence-corrected chi connectivity index (χ0v) is 32.1. The summed E-state index contributed by atoms with van der Waals surface area (Å²) in [5.41, 5.74) is -4.05. The van der Waals surface area contributed by atoms with Gasteiger partial charge in [-0.25, -0.2) is 18.9 Å². The molecule has 306 valence electrons. The zero-order valence-electron chi connectivity index (χ0n) is 30.5. The first kappa shape index (κ1) is 40.9. The van der Waals surface area contributed by atoms with Crippen LogP contribution in [0.25, 0.3) is 22.0 Å². The van der Waals surface area contributed by atoms with Crippen molar-refractivity contribution in [2.75, 3.05) is 4.72 Å². The zero-order chi connectivity index (χ0) is 42.3. The summed E-state index contributed by atoms with van der Waals surface area (Å²) < 4.78 is 131. The summed E-state index contributed by atoms with van der Waals surface area (Å²) in [4.78, 5) is 18.6. The number of aromatic nitrogens is 5. The second-order valence-corrected chi connectivity index (χ2v) is 16.4. The second-order valence-electron chi connectivity index (χ2n) is 14.7. The lowest BCUT2D eigenvalue weighted by atomic mass is 9.73. The SMILES string of the molecule is Cn1nc(NS(N)(=O)=O)c2c(Cl)ccc(-c3ccc(C#CC(C)(C)O)nc3[C@H](Cc3cc(F)cc(F)c3)NC(=O)Cn3nc(C(F)(F)F)c4c3C(F)(F)[C@@H]3CC[C@H]43)c21. The van der Waals surface area contributed by atoms with Gasteiger partial charge in [0.2, 0.25) is 5.91 Å². The third-order valence-electron chi connectivity index (χ3n) is 9.89. The first-order valence-corrected chi connectivity index (χ1v) is 19.4. The Hall–Kier alpha value is -5.23. The lowest BCUT2D eigenvalue weighted by molar-refractivity contribution is -0.144. The highest BCUT2D eigenvalue weighted by molar-refractivity contribution is 7.90. The molecule has 3 atom stereocenters. The molecule has 12 nitrogen and oxygen atoms in total. The maximum Gasteiger partial charge on any atom is 0.435 e. The van der Waals surface area contributed by atoms with E-state index in [9.17, 15) is 40.3 Å². The molecule has 1 saturated carbocycles. The van der Waals surface area contributed by atoms with Crippen molar-refractivity contribution in [3.8, 4) is 23.0 Å². The largest absolute Gasteiger partial charge is 0.435 e. The number of fused-ring (bicyclic) bond motifs is 4. The van der Waals surface area contributed by atoms with Gasteiger partial charge in [0.05, 0.1) is 27.7 Å². The van der Waals surface area contributed by atoms with Crippen LogP contribution in [0, 0.1) is 29.4 Å². The Balaban J connectivity index is 1.39. The maximum atomic E-state index is 15.6. The molecule has 5 aromatic rings. The van der Waals surface area contributed by atoms with Gasteiger partial charge in [0, 0.05) is 35.7 Å². The average molecular weight is 853 g/mol. The summed E-state index contributed by atoms with van der Waals surface area (Å²) >= 11 is 6.52. The number of nitrogens with two attached hydrogens (primary N) is 1. The van der Waals surface area contributed by atoms with E-state index in [-0.39, 0.29) is 62.7 Å². The minimum absolute atomic E-state index is 0.0164. The minimum atomic E-state index is -5.10. The van der Waals surface area contributed by atoms with Gasteiger partial charge in [-0.05, 0) is 80.8 Å². The van der Waals surface area contributed by atoms with Gasteiger partial charge in [0.1, 0.15) is 35.2 Å². The molecule has 2 aliphatic rings. The number of nitrogens with zero attached hydrogens (tertiary/aromatic N) is 5. The predicted molar refractivity (Wildman–Crippen MR) is 196 cm³/mol. The summed E-state index contributed by atoms with van der Waals surface area (Å²) in [6, 6.07) is 6.99. The van der Waals surface area contributed by atoms with Gasteiger partial charge < -0.3 is 10.4 Å². The lowest BCUT2D eigenvalue weighted by Crippen LogP contribution is -2.36. The van der Waals surface area contributed by atoms with E-state index in [4.69, 9.17) is 16.7 Å². The number of pyridine rings is 1. The van der Waals surface area contributed by atoms with Crippen LogP contribution in [-0.2, 0) is 47.1 Å². The number of amides is 1. The van der Waals surface area contributed by atoms with Gasteiger partial charge in [-0.3, -0.25) is 18.9 Å². The van der Waals surface area contributed by atoms with Crippen LogP contribution in [-0.4, -0.2) is 49.6 Å². The molecule has 5 N–H and O–H groups in total. The molecule has 0 saturated heterocycles. The molecule has 0 radical (unpaired) electrons. The Bertz CT molecular complexity index is 2660. The number of rotatable bonds is 9. The number of aryl methyl sites for hydroxylation is 1. The van der Waals surface area contributed by atoms with Crippen LogP contribution in [0.4, 0.5) is 36.6 Å². The maximum absolute atomic E-state index is 15.6. The van der Waals surface area contributed by atoms with Gasteiger partial charge >= 0.3 is 6.18 Å². The van der Waals surface area contributed by atoms with E-state index in [1.165, 1.54) is 49.8 Å². The lowest BCUT2D eigenvalue weighted by Gasteiger charge is -2.34. The van der Waals surface area contributed by atoms with Crippen molar-refractivity contribution in [2.24, 2.45) is 18.1 Å². The summed E-state index contributed by atoms with van der Waals surface area (Å²) in [5.74, 6) is -4.18. The van der Waals surface area contributed by atoms with Crippen molar-refractivity contribution < 1.29 is 49.1 Å². The van der Waals surface area contributed by atoms with Crippen molar-refractivity contribution in [3.63, 3.8) is 0 Å². The Morgan fingerprint density at radius 1 is 1.09 bits per heavy atom. The molecule has 1 amide bonds. The topological polar surface area (TPSA) is 170 Å². The Morgan fingerprint density at radius 2 is 1.76 bits per heavy atom. The van der Waals surface area contributed by atoms with E-state index >= 15 is 8.78 Å². The standard InChI is InChI=1S/C37H32ClF7N8O4S/c1-35(2,55)11-10-20-4-5-21(22-7-9-25(38)29-31(22)52(3)50-34(29)51-58(46,56)57)30(47-20)26(14-17-12-18(39)15-19(40)13-17)48-27(54)16-53-33-28(32(49-53)37(43,44)45)23-6-8-24(23)36(33,41)42/h4-5,7,9,12-13,15,23-24,26,55H,6,8,14,16H2,1-3H3,(H,48,54)(H,50,51)(H2,46,56,57)/t23-,24+,26-/m0/s1. The van der Waals surface area contributed by atoms with E-state index in [0.29, 0.717) is 10.7 Å². The monoisotopic (exact) mass is 852 g/mol. The van der Waals surface area contributed by atoms with Crippen LogP contribution < -0.4 is 15.2 Å². The highest BCUT2D eigenvalue weighted by Gasteiger charge is 2.63. The van der Waals surface area contributed by atoms with E-state index in [1.54, 1.807) is 0 Å². The first-order valence-electron chi connectivity index (χ1n) is 17.4. The third kappa shape index (κ3) is 7.83. The Morgan fingerprint density at radius 3 is 2.36 bits per heavy atom. The number of carbonyl (C=O) groups excluding carboxylic acids is 1. The van der Waals surface area contributed by atoms with Crippen LogP contribution >= 0.6 is 11.6 Å². The number of carbonyl (C=O) groups is 1. The number of aliphatic hydroxyl groups is 1. The number of hydrogen-bond acceptors (Lipinski definition) is 7. The number of alkyl halides is 5. The van der Waals surface area contributed by atoms with Crippen molar-refractivity contribution in [1.29, 1.82) is 0 Å². The van der Waals surface area contributed by atoms with Crippen molar-refractivity contribution in [2.45, 2.75) is 69.3 Å². The molecule has 7 rings (SSSR count). The highest BCUT2D eigenvalue weighted by atomic mass is 35.5. The molecule has 58 heavy (non-hydrogen) atoms. The summed E-state index contributed by atoms with van der Waals surface area (Å²) in [6.07, 6.45) is -5.44. The molecule has 0 bridgehead atoms. The second kappa shape index (κ2) is 14.2. The van der Waals surface area contributed by atoms with Gasteiger partial charge in [0.25, 0.3) is 16.1 Å². The smallest absolute Gasteiger partial charge is 0.378 e. The van der Waals surface area contributed by atoms with E-state index in [0.717, 1.165) is 12.1 Å². The highest BCUT2D eigenvalue weighted by Crippen LogP contribution is 2.64. The molecular formula is C37H32ClF7N8O4S. The van der Waals surface area contributed by atoms with Crippen LogP contribution in [0.3, 0.4) is 0 Å². The van der Waals surface area contributed by atoms with Crippen LogP contribution in [0.5, 0.6) is 0 Å². The fourth-order valence-corrected chi connectivity index (χ4v) is 8.22. The molecule has 2 aliphatic carbocycles. The number of benzene rings is 2. The van der Waals surface area contributed by atoms with Crippen LogP contribution in [0.2, 0.25) is 5.02 Å². The van der Waals surface area contributed by atoms with Crippen molar-refractivity contribution in [3.05, 3.63) is 93.0 Å². The molecule has 1 fully saturated rings. The number of hydrogen-bond donors (Lipinski definition) is 4. The average Bonchev–Trinajstić information content (AvgIpc) is 3.64. The molecule has 0 aliphatic heterocycles. The Kier molecular flexibility index (Phi) is 10.1. The fraction of sp³-hybridized carbons (Fsp3) is 0.351. The molecule has 2 aromatic carbocycles. The van der Waals surface area contributed by atoms with E-state index in [2.05, 4.69) is 37.1 Å². The fourth-order valence-electron chi connectivity index (χ4n) is 7.57. The minimum Gasteiger partial charge on any atom is -0.378 e. The normalized spacial score (nSPS) is 17.9. The van der Waals surface area contributed by atoms with Crippen molar-refractivity contribution >= 4 is 44.4 Å². The van der Waals surface area contributed by atoms with Gasteiger partial charge in [0.15, 0.2) is 11.5 Å². The molecule has 3 heterocycles. The van der Waals surface area contributed by atoms with Gasteiger partial charge in [-0.15, -0.1) is 0 Å². The van der Waals surface area contributed by atoms with Crippen LogP contribution in [0.1, 0.15) is 72.6 Å². The summed E-state index contributed by atoms with van der Waals surface area (Å²) in [6.45, 7) is 1.70. The van der Waals surface area contributed by atoms with Gasteiger partial charge in [-0.1, -0.05) is 23.6 Å². The third-order valence-corrected chi connectivity index (χ3v) is 10.7. The van der Waals surface area contributed by atoms with Crippen LogP contribution in [0.15, 0.2) is 42.5 Å². The van der Waals surface area contributed by atoms with Crippen molar-refractivity contribution in [1.82, 2.24) is 29.9 Å². The number of anilines is 1. The van der Waals surface area contributed by atoms with E-state index < -0.39 is 93.2 Å². The van der Waals surface area contributed by atoms with E-state index in [1.807, 2.05) is 0 Å². The Labute approximate surface area is 330 Å². The predicted octanol–water partition coefficient (Wildman–Crippen LogP) is 6.22.